The van der Waals surface area contributed by atoms with Crippen molar-refractivity contribution in [2.75, 3.05) is 16.9 Å². The number of nitrogen functional groups attached to an aromatic ring is 1. The summed E-state index contributed by atoms with van der Waals surface area (Å²) in [7, 11) is 0. The molecular weight excluding hydrogens is 226 g/mol. The van der Waals surface area contributed by atoms with Crippen LogP contribution in [0.4, 0.5) is 17.3 Å². The van der Waals surface area contributed by atoms with Crippen LogP contribution in [0.2, 0.25) is 0 Å². The lowest BCUT2D eigenvalue weighted by Crippen LogP contribution is -2.20. The minimum absolute atomic E-state index is 0.648. The molecule has 0 saturated carbocycles. The van der Waals surface area contributed by atoms with Crippen molar-refractivity contribution in [3.63, 3.8) is 0 Å². The molecular formula is C13H17N5. The standard InChI is InChI=1S/C13H17N5/c1-3-18(11-7-5-4-6-8-11)13-10(2)12(17-14)15-9-16-13/h4-9H,3,14H2,1-2H3,(H,15,16,17). The van der Waals surface area contributed by atoms with Gasteiger partial charge in [-0.2, -0.15) is 0 Å². The normalized spacial score (nSPS) is 10.2. The van der Waals surface area contributed by atoms with Gasteiger partial charge in [0.15, 0.2) is 0 Å². The van der Waals surface area contributed by atoms with Crippen LogP contribution in [0.15, 0.2) is 36.7 Å². The Morgan fingerprint density at radius 3 is 2.56 bits per heavy atom. The first-order valence-corrected chi connectivity index (χ1v) is 5.88. The highest BCUT2D eigenvalue weighted by molar-refractivity contribution is 5.66. The van der Waals surface area contributed by atoms with E-state index in [0.717, 1.165) is 23.6 Å². The Hall–Kier alpha value is -2.14. The molecule has 0 radical (unpaired) electrons. The molecule has 3 N–H and O–H groups in total. The molecule has 2 aromatic rings. The lowest BCUT2D eigenvalue weighted by molar-refractivity contribution is 0.961. The predicted octanol–water partition coefficient (Wildman–Crippen LogP) is 2.23. The quantitative estimate of drug-likeness (QED) is 0.636. The molecule has 5 nitrogen and oxygen atoms in total. The molecule has 1 aromatic carbocycles. The maximum atomic E-state index is 5.44. The Balaban J connectivity index is 2.46. The highest BCUT2D eigenvalue weighted by Gasteiger charge is 2.13. The number of nitrogens with zero attached hydrogens (tertiary/aromatic N) is 3. The first kappa shape index (κ1) is 12.3. The van der Waals surface area contributed by atoms with Gasteiger partial charge in [0.25, 0.3) is 0 Å². The maximum absolute atomic E-state index is 5.44. The first-order chi connectivity index (χ1) is 8.77. The lowest BCUT2D eigenvalue weighted by Gasteiger charge is -2.24. The SMILES string of the molecule is CCN(c1ccccc1)c1ncnc(NN)c1C. The molecule has 0 fully saturated rings. The average Bonchev–Trinajstić information content (AvgIpc) is 2.43. The van der Waals surface area contributed by atoms with Gasteiger partial charge in [-0.3, -0.25) is 0 Å². The largest absolute Gasteiger partial charge is 0.326 e. The molecule has 0 amide bonds. The van der Waals surface area contributed by atoms with E-state index >= 15 is 0 Å². The van der Waals surface area contributed by atoms with E-state index in [-0.39, 0.29) is 0 Å². The summed E-state index contributed by atoms with van der Waals surface area (Å²) >= 11 is 0. The second-order valence-electron chi connectivity index (χ2n) is 3.90. The highest BCUT2D eigenvalue weighted by Crippen LogP contribution is 2.27. The van der Waals surface area contributed by atoms with E-state index < -0.39 is 0 Å². The molecule has 1 aromatic heterocycles. The van der Waals surface area contributed by atoms with Gasteiger partial charge in [-0.05, 0) is 26.0 Å². The van der Waals surface area contributed by atoms with E-state index in [4.69, 9.17) is 5.84 Å². The third-order valence-corrected chi connectivity index (χ3v) is 2.83. The number of anilines is 3. The number of nitrogens with two attached hydrogens (primary N) is 1. The molecule has 0 unspecified atom stereocenters. The van der Waals surface area contributed by atoms with Crippen LogP contribution in [0.5, 0.6) is 0 Å². The van der Waals surface area contributed by atoms with Crippen molar-refractivity contribution in [1.82, 2.24) is 9.97 Å². The predicted molar refractivity (Wildman–Crippen MR) is 73.7 cm³/mol. The van der Waals surface area contributed by atoms with Gasteiger partial charge in [-0.25, -0.2) is 15.8 Å². The van der Waals surface area contributed by atoms with E-state index in [1.54, 1.807) is 0 Å². The Bertz CT molecular complexity index is 512. The summed E-state index contributed by atoms with van der Waals surface area (Å²) in [5.41, 5.74) is 4.63. The first-order valence-electron chi connectivity index (χ1n) is 5.88. The highest BCUT2D eigenvalue weighted by atomic mass is 15.3. The topological polar surface area (TPSA) is 67.1 Å². The molecule has 0 bridgehead atoms. The van der Waals surface area contributed by atoms with Crippen molar-refractivity contribution in [1.29, 1.82) is 0 Å². The van der Waals surface area contributed by atoms with Gasteiger partial charge < -0.3 is 10.3 Å². The van der Waals surface area contributed by atoms with Gasteiger partial charge >= 0.3 is 0 Å². The summed E-state index contributed by atoms with van der Waals surface area (Å²) < 4.78 is 0. The molecule has 0 saturated heterocycles. The van der Waals surface area contributed by atoms with Crippen LogP contribution < -0.4 is 16.2 Å². The van der Waals surface area contributed by atoms with Crippen LogP contribution >= 0.6 is 0 Å². The fourth-order valence-electron chi connectivity index (χ4n) is 1.92. The van der Waals surface area contributed by atoms with E-state index in [1.165, 1.54) is 6.33 Å². The molecule has 0 aliphatic carbocycles. The minimum Gasteiger partial charge on any atom is -0.326 e. The number of benzene rings is 1. The molecule has 1 heterocycles. The Morgan fingerprint density at radius 1 is 1.22 bits per heavy atom. The molecule has 94 valence electrons. The van der Waals surface area contributed by atoms with E-state index in [2.05, 4.69) is 39.4 Å². The summed E-state index contributed by atoms with van der Waals surface area (Å²) in [6, 6.07) is 10.1. The van der Waals surface area contributed by atoms with E-state index in [1.807, 2.05) is 25.1 Å². The number of hydrazine groups is 1. The number of rotatable bonds is 4. The molecule has 0 aliphatic heterocycles. The van der Waals surface area contributed by atoms with Crippen molar-refractivity contribution in [2.45, 2.75) is 13.8 Å². The Kier molecular flexibility index (Phi) is 3.74. The van der Waals surface area contributed by atoms with Crippen LogP contribution in [-0.2, 0) is 0 Å². The average molecular weight is 243 g/mol. The van der Waals surface area contributed by atoms with Crippen molar-refractivity contribution >= 4 is 17.3 Å². The summed E-state index contributed by atoms with van der Waals surface area (Å²) in [5, 5.41) is 0. The zero-order chi connectivity index (χ0) is 13.0. The van der Waals surface area contributed by atoms with Crippen molar-refractivity contribution < 1.29 is 0 Å². The smallest absolute Gasteiger partial charge is 0.148 e. The molecule has 0 atom stereocenters. The lowest BCUT2D eigenvalue weighted by atomic mass is 10.2. The van der Waals surface area contributed by atoms with Gasteiger partial charge in [-0.1, -0.05) is 18.2 Å². The number of aromatic nitrogens is 2. The summed E-state index contributed by atoms with van der Waals surface area (Å²) in [5.74, 6) is 6.96. The van der Waals surface area contributed by atoms with Gasteiger partial charge in [0.05, 0.1) is 0 Å². The Labute approximate surface area is 107 Å². The molecule has 18 heavy (non-hydrogen) atoms. The molecule has 2 rings (SSSR count). The Morgan fingerprint density at radius 2 is 1.94 bits per heavy atom. The van der Waals surface area contributed by atoms with Crippen molar-refractivity contribution in [2.24, 2.45) is 5.84 Å². The maximum Gasteiger partial charge on any atom is 0.148 e. The van der Waals surface area contributed by atoms with Crippen LogP contribution in [0.1, 0.15) is 12.5 Å². The fourth-order valence-corrected chi connectivity index (χ4v) is 1.92. The number of hydrogen-bond donors (Lipinski definition) is 2. The molecule has 0 spiro atoms. The van der Waals surface area contributed by atoms with Gasteiger partial charge in [0, 0.05) is 17.8 Å². The van der Waals surface area contributed by atoms with Crippen LogP contribution in [0.3, 0.4) is 0 Å². The minimum atomic E-state index is 0.648. The second kappa shape index (κ2) is 5.46. The molecule has 5 heteroatoms. The number of para-hydroxylation sites is 1. The summed E-state index contributed by atoms with van der Waals surface area (Å²) in [4.78, 5) is 10.6. The van der Waals surface area contributed by atoms with Crippen LogP contribution in [0.25, 0.3) is 0 Å². The zero-order valence-corrected chi connectivity index (χ0v) is 10.6. The van der Waals surface area contributed by atoms with E-state index in [0.29, 0.717) is 5.82 Å². The zero-order valence-electron chi connectivity index (χ0n) is 10.6. The summed E-state index contributed by atoms with van der Waals surface area (Å²) in [6.45, 7) is 4.87. The second-order valence-corrected chi connectivity index (χ2v) is 3.90. The number of hydrogen-bond acceptors (Lipinski definition) is 5. The van der Waals surface area contributed by atoms with E-state index in [9.17, 15) is 0 Å². The van der Waals surface area contributed by atoms with Gasteiger partial charge in [-0.15, -0.1) is 0 Å². The van der Waals surface area contributed by atoms with Crippen LogP contribution in [-0.4, -0.2) is 16.5 Å². The monoisotopic (exact) mass is 243 g/mol. The van der Waals surface area contributed by atoms with Crippen molar-refractivity contribution in [3.05, 3.63) is 42.2 Å². The third-order valence-electron chi connectivity index (χ3n) is 2.83. The number of nitrogens with one attached hydrogen (secondary N) is 1. The van der Waals surface area contributed by atoms with Crippen molar-refractivity contribution in [3.8, 4) is 0 Å². The van der Waals surface area contributed by atoms with Crippen LogP contribution in [0, 0.1) is 6.92 Å². The van der Waals surface area contributed by atoms with Gasteiger partial charge in [0.2, 0.25) is 0 Å². The fraction of sp³-hybridized carbons (Fsp3) is 0.231. The molecule has 0 aliphatic rings. The van der Waals surface area contributed by atoms with Gasteiger partial charge in [0.1, 0.15) is 18.0 Å². The summed E-state index contributed by atoms with van der Waals surface area (Å²) in [6.07, 6.45) is 1.52. The third kappa shape index (κ3) is 2.26.